The molecule has 110 valence electrons. The monoisotopic (exact) mass is 303 g/mol. The van der Waals surface area contributed by atoms with E-state index in [-0.39, 0.29) is 17.6 Å². The highest BCUT2D eigenvalue weighted by molar-refractivity contribution is 6.31. The molecule has 1 saturated carbocycles. The lowest BCUT2D eigenvalue weighted by Gasteiger charge is -2.48. The van der Waals surface area contributed by atoms with E-state index < -0.39 is 5.41 Å². The van der Waals surface area contributed by atoms with Gasteiger partial charge in [0.2, 0.25) is 0 Å². The van der Waals surface area contributed by atoms with Crippen molar-refractivity contribution in [3.05, 3.63) is 28.8 Å². The SMILES string of the molecule is O=C1CCCC(=O)C12Cc1ccc(Cl)cc1N1CCC[C@H]12. The van der Waals surface area contributed by atoms with Gasteiger partial charge in [0, 0.05) is 36.1 Å². The Morgan fingerprint density at radius 3 is 2.67 bits per heavy atom. The maximum Gasteiger partial charge on any atom is 0.148 e. The predicted molar refractivity (Wildman–Crippen MR) is 81.8 cm³/mol. The van der Waals surface area contributed by atoms with Crippen LogP contribution in [0.4, 0.5) is 5.69 Å². The summed E-state index contributed by atoms with van der Waals surface area (Å²) < 4.78 is 0. The molecule has 2 aliphatic heterocycles. The average Bonchev–Trinajstić information content (AvgIpc) is 2.95. The molecule has 1 saturated heterocycles. The molecule has 0 N–H and O–H groups in total. The minimum absolute atomic E-state index is 0.0452. The topological polar surface area (TPSA) is 37.4 Å². The molecule has 0 radical (unpaired) electrons. The van der Waals surface area contributed by atoms with E-state index in [1.807, 2.05) is 18.2 Å². The molecule has 1 aliphatic carbocycles. The van der Waals surface area contributed by atoms with Crippen molar-refractivity contribution in [2.75, 3.05) is 11.4 Å². The summed E-state index contributed by atoms with van der Waals surface area (Å²) in [6.07, 6.45) is 4.37. The average molecular weight is 304 g/mol. The first-order chi connectivity index (χ1) is 10.1. The van der Waals surface area contributed by atoms with Gasteiger partial charge in [-0.1, -0.05) is 17.7 Å². The van der Waals surface area contributed by atoms with Crippen LogP contribution in [0.5, 0.6) is 0 Å². The van der Waals surface area contributed by atoms with Crippen LogP contribution in [0, 0.1) is 5.41 Å². The highest BCUT2D eigenvalue weighted by Crippen LogP contribution is 2.50. The van der Waals surface area contributed by atoms with E-state index in [4.69, 9.17) is 11.6 Å². The smallest absolute Gasteiger partial charge is 0.148 e. The Hall–Kier alpha value is -1.35. The lowest BCUT2D eigenvalue weighted by atomic mass is 9.61. The van der Waals surface area contributed by atoms with Gasteiger partial charge in [0.05, 0.1) is 0 Å². The molecule has 3 aliphatic rings. The fraction of sp³-hybridized carbons (Fsp3) is 0.529. The number of benzene rings is 1. The summed E-state index contributed by atoms with van der Waals surface area (Å²) in [4.78, 5) is 27.7. The van der Waals surface area contributed by atoms with E-state index in [1.54, 1.807) is 0 Å². The minimum Gasteiger partial charge on any atom is -0.367 e. The molecular formula is C17H18ClNO2. The number of carbonyl (C=O) groups is 2. The quantitative estimate of drug-likeness (QED) is 0.691. The zero-order chi connectivity index (χ0) is 14.6. The summed E-state index contributed by atoms with van der Waals surface area (Å²) in [5, 5.41) is 0.719. The van der Waals surface area contributed by atoms with Gasteiger partial charge in [0.15, 0.2) is 0 Å². The number of hydrogen-bond donors (Lipinski definition) is 0. The third-order valence-corrected chi connectivity index (χ3v) is 5.69. The summed E-state index contributed by atoms with van der Waals surface area (Å²) in [6.45, 7) is 0.917. The summed E-state index contributed by atoms with van der Waals surface area (Å²) >= 11 is 6.14. The van der Waals surface area contributed by atoms with Crippen molar-refractivity contribution in [2.45, 2.75) is 44.6 Å². The molecule has 1 spiro atoms. The van der Waals surface area contributed by atoms with Crippen LogP contribution in [0.2, 0.25) is 5.02 Å². The number of halogens is 1. The van der Waals surface area contributed by atoms with Gasteiger partial charge in [0.25, 0.3) is 0 Å². The van der Waals surface area contributed by atoms with Gasteiger partial charge < -0.3 is 4.90 Å². The Bertz CT molecular complexity index is 624. The molecule has 4 rings (SSSR count). The van der Waals surface area contributed by atoms with Crippen molar-refractivity contribution in [3.63, 3.8) is 0 Å². The Morgan fingerprint density at radius 1 is 1.14 bits per heavy atom. The Morgan fingerprint density at radius 2 is 1.90 bits per heavy atom. The fourth-order valence-corrected chi connectivity index (χ4v) is 4.69. The van der Waals surface area contributed by atoms with Gasteiger partial charge in [-0.05, 0) is 43.4 Å². The normalized spacial score (nSPS) is 26.9. The number of ketones is 2. The van der Waals surface area contributed by atoms with E-state index >= 15 is 0 Å². The highest BCUT2D eigenvalue weighted by atomic mass is 35.5. The number of carbonyl (C=O) groups excluding carboxylic acids is 2. The van der Waals surface area contributed by atoms with Crippen molar-refractivity contribution >= 4 is 28.9 Å². The van der Waals surface area contributed by atoms with Gasteiger partial charge in [-0.25, -0.2) is 0 Å². The second kappa shape index (κ2) is 4.57. The van der Waals surface area contributed by atoms with Gasteiger partial charge in [-0.15, -0.1) is 0 Å². The second-order valence-corrected chi connectivity index (χ2v) is 6.91. The number of anilines is 1. The fourth-order valence-electron chi connectivity index (χ4n) is 4.52. The standard InChI is InChI=1S/C17H18ClNO2/c18-12-7-6-11-10-17(15(20)4-1-5-16(17)21)14-3-2-8-19(14)13(11)9-12/h6-7,9,14H,1-5,8,10H2/t14-/m0/s1. The molecule has 3 nitrogen and oxygen atoms in total. The summed E-state index contributed by atoms with van der Waals surface area (Å²) in [6, 6.07) is 5.88. The first-order valence-corrected chi connectivity index (χ1v) is 8.12. The highest BCUT2D eigenvalue weighted by Gasteiger charge is 2.57. The van der Waals surface area contributed by atoms with E-state index in [0.29, 0.717) is 19.3 Å². The van der Waals surface area contributed by atoms with E-state index in [1.165, 1.54) is 0 Å². The van der Waals surface area contributed by atoms with E-state index in [9.17, 15) is 9.59 Å². The Balaban J connectivity index is 1.89. The van der Waals surface area contributed by atoms with Gasteiger partial charge in [-0.2, -0.15) is 0 Å². The van der Waals surface area contributed by atoms with Crippen molar-refractivity contribution < 1.29 is 9.59 Å². The molecule has 0 amide bonds. The minimum atomic E-state index is -0.782. The van der Waals surface area contributed by atoms with Crippen LogP contribution in [0.25, 0.3) is 0 Å². The predicted octanol–water partition coefficient (Wildman–Crippen LogP) is 3.17. The van der Waals surface area contributed by atoms with Crippen LogP contribution in [0.1, 0.15) is 37.7 Å². The molecule has 0 unspecified atom stereocenters. The van der Waals surface area contributed by atoms with Gasteiger partial charge in [0.1, 0.15) is 17.0 Å². The summed E-state index contributed by atoms with van der Waals surface area (Å²) in [5.41, 5.74) is 1.44. The third kappa shape index (κ3) is 1.73. The van der Waals surface area contributed by atoms with Crippen LogP contribution in [0.3, 0.4) is 0 Å². The third-order valence-electron chi connectivity index (χ3n) is 5.45. The number of nitrogens with zero attached hydrogens (tertiary/aromatic N) is 1. The maximum absolute atomic E-state index is 12.7. The summed E-state index contributed by atoms with van der Waals surface area (Å²) in [7, 11) is 0. The van der Waals surface area contributed by atoms with Gasteiger partial charge in [-0.3, -0.25) is 9.59 Å². The molecule has 4 heteroatoms. The largest absolute Gasteiger partial charge is 0.367 e. The first-order valence-electron chi connectivity index (χ1n) is 7.74. The van der Waals surface area contributed by atoms with Crippen LogP contribution >= 0.6 is 11.6 Å². The number of rotatable bonds is 0. The molecule has 2 heterocycles. The number of hydrogen-bond acceptors (Lipinski definition) is 3. The van der Waals surface area contributed by atoms with Crippen molar-refractivity contribution in [1.29, 1.82) is 0 Å². The lowest BCUT2D eigenvalue weighted by Crippen LogP contribution is -2.59. The Kier molecular flexibility index (Phi) is 2.90. The van der Waals surface area contributed by atoms with Crippen LogP contribution in [0.15, 0.2) is 18.2 Å². The molecule has 1 aromatic rings. The molecule has 0 bridgehead atoms. The van der Waals surface area contributed by atoms with Crippen LogP contribution < -0.4 is 4.90 Å². The zero-order valence-corrected chi connectivity index (χ0v) is 12.7. The number of fused-ring (bicyclic) bond motifs is 4. The Labute approximate surface area is 129 Å². The second-order valence-electron chi connectivity index (χ2n) is 6.47. The van der Waals surface area contributed by atoms with Crippen LogP contribution in [-0.4, -0.2) is 24.2 Å². The lowest BCUT2D eigenvalue weighted by molar-refractivity contribution is -0.145. The van der Waals surface area contributed by atoms with E-state index in [0.717, 1.165) is 42.1 Å². The van der Waals surface area contributed by atoms with Gasteiger partial charge >= 0.3 is 0 Å². The van der Waals surface area contributed by atoms with Crippen molar-refractivity contribution in [1.82, 2.24) is 0 Å². The molecule has 0 aromatic heterocycles. The first kappa shape index (κ1) is 13.3. The molecule has 21 heavy (non-hydrogen) atoms. The molecule has 1 atom stereocenters. The van der Waals surface area contributed by atoms with Crippen molar-refractivity contribution in [2.24, 2.45) is 5.41 Å². The van der Waals surface area contributed by atoms with E-state index in [2.05, 4.69) is 4.90 Å². The molecule has 1 aromatic carbocycles. The van der Waals surface area contributed by atoms with Crippen LogP contribution in [-0.2, 0) is 16.0 Å². The molecule has 2 fully saturated rings. The zero-order valence-electron chi connectivity index (χ0n) is 11.9. The summed E-state index contributed by atoms with van der Waals surface area (Å²) in [5.74, 6) is 0.326. The number of Topliss-reactive ketones (excluding diaryl/α,β-unsaturated/α-hetero) is 2. The maximum atomic E-state index is 12.7. The van der Waals surface area contributed by atoms with Crippen molar-refractivity contribution in [3.8, 4) is 0 Å². The molecular weight excluding hydrogens is 286 g/mol.